The van der Waals surface area contributed by atoms with Crippen molar-refractivity contribution in [2.24, 2.45) is 0 Å². The van der Waals surface area contributed by atoms with Gasteiger partial charge in [0.2, 0.25) is 16.4 Å². The number of hydrogen-bond acceptors (Lipinski definition) is 4. The first kappa shape index (κ1) is 25.6. The molecule has 0 aliphatic heterocycles. The van der Waals surface area contributed by atoms with Crippen LogP contribution < -0.4 is 14.5 Å². The van der Waals surface area contributed by atoms with Crippen LogP contribution in [0.1, 0.15) is 21.5 Å². The van der Waals surface area contributed by atoms with E-state index in [-0.39, 0.29) is 19.0 Å². The van der Waals surface area contributed by atoms with Gasteiger partial charge in [-0.3, -0.25) is 13.9 Å². The highest BCUT2D eigenvalue weighted by Crippen LogP contribution is 2.30. The summed E-state index contributed by atoms with van der Waals surface area (Å²) in [5, 5.41) is 3.19. The largest absolute Gasteiger partial charge is 0.355 e. The summed E-state index contributed by atoms with van der Waals surface area (Å²) >= 11 is 12.3. The molecule has 0 radical (unpaired) electrons. The quantitative estimate of drug-likeness (QED) is 0.422. The van der Waals surface area contributed by atoms with Crippen LogP contribution in [0.2, 0.25) is 10.0 Å². The highest BCUT2D eigenvalue weighted by atomic mass is 35.5. The normalized spacial score (nSPS) is 11.1. The van der Waals surface area contributed by atoms with Gasteiger partial charge in [0.05, 0.1) is 35.1 Å². The van der Waals surface area contributed by atoms with Crippen LogP contribution in [0.25, 0.3) is 0 Å². The average molecular weight is 520 g/mol. The van der Waals surface area contributed by atoms with E-state index in [1.54, 1.807) is 73.8 Å². The molecule has 0 aliphatic carbocycles. The molecule has 0 spiro atoms. The Labute approximate surface area is 208 Å². The number of halogens is 2. The molecule has 2 amide bonds. The van der Waals surface area contributed by atoms with Crippen LogP contribution in [0.3, 0.4) is 0 Å². The second-order valence-electron chi connectivity index (χ2n) is 7.51. The van der Waals surface area contributed by atoms with Crippen LogP contribution >= 0.6 is 23.2 Å². The van der Waals surface area contributed by atoms with Crippen molar-refractivity contribution in [2.75, 3.05) is 22.5 Å². The molecule has 0 atom stereocenters. The van der Waals surface area contributed by atoms with Crippen LogP contribution in [0.4, 0.5) is 11.4 Å². The molecule has 3 aromatic carbocycles. The van der Waals surface area contributed by atoms with Crippen molar-refractivity contribution in [3.63, 3.8) is 0 Å². The van der Waals surface area contributed by atoms with E-state index >= 15 is 0 Å². The summed E-state index contributed by atoms with van der Waals surface area (Å²) in [4.78, 5) is 24.9. The predicted molar refractivity (Wildman–Crippen MR) is 136 cm³/mol. The van der Waals surface area contributed by atoms with Gasteiger partial charge in [-0.2, -0.15) is 0 Å². The Morgan fingerprint density at radius 3 is 2.12 bits per heavy atom. The molecule has 0 saturated heterocycles. The lowest BCUT2D eigenvalue weighted by Crippen LogP contribution is -2.29. The number of nitrogens with one attached hydrogen (secondary N) is 1. The number of sulfonamides is 1. The lowest BCUT2D eigenvalue weighted by Gasteiger charge is -2.24. The molecule has 0 aliphatic rings. The van der Waals surface area contributed by atoms with Crippen LogP contribution in [0.15, 0.2) is 66.7 Å². The van der Waals surface area contributed by atoms with E-state index in [0.29, 0.717) is 39.0 Å². The van der Waals surface area contributed by atoms with Crippen molar-refractivity contribution in [3.8, 4) is 0 Å². The maximum Gasteiger partial charge on any atom is 0.251 e. The highest BCUT2D eigenvalue weighted by molar-refractivity contribution is 7.92. The number of anilines is 2. The number of amides is 2. The summed E-state index contributed by atoms with van der Waals surface area (Å²) in [6, 6.07) is 18.6. The van der Waals surface area contributed by atoms with Gasteiger partial charge in [0.25, 0.3) is 5.91 Å². The first-order valence-electron chi connectivity index (χ1n) is 10.2. The molecule has 0 heterocycles. The van der Waals surface area contributed by atoms with Gasteiger partial charge < -0.3 is 10.2 Å². The number of carbonyl (C=O) groups is 2. The Kier molecular flexibility index (Phi) is 8.19. The van der Waals surface area contributed by atoms with Crippen LogP contribution in [-0.4, -0.2) is 34.0 Å². The van der Waals surface area contributed by atoms with E-state index in [1.165, 1.54) is 9.21 Å². The number of hydrogen-bond donors (Lipinski definition) is 1. The SMILES string of the molecule is CNC(=O)c1ccc(CN(C=O)c2ccc(N(Cc3cccc(Cl)c3Cl)S(C)(=O)=O)cc2)cc1. The number of carbonyl (C=O) groups excluding carboxylic acids is 2. The predicted octanol–water partition coefficient (Wildman–Crippen LogP) is 4.48. The zero-order valence-electron chi connectivity index (χ0n) is 18.5. The number of nitrogens with zero attached hydrogens (tertiary/aromatic N) is 2. The summed E-state index contributed by atoms with van der Waals surface area (Å²) in [5.74, 6) is -0.191. The van der Waals surface area contributed by atoms with Crippen molar-refractivity contribution < 1.29 is 18.0 Å². The summed E-state index contributed by atoms with van der Waals surface area (Å²) < 4.78 is 26.2. The molecule has 0 fully saturated rings. The lowest BCUT2D eigenvalue weighted by atomic mass is 10.1. The van der Waals surface area contributed by atoms with E-state index in [4.69, 9.17) is 23.2 Å². The molecule has 0 bridgehead atoms. The highest BCUT2D eigenvalue weighted by Gasteiger charge is 2.20. The minimum Gasteiger partial charge on any atom is -0.355 e. The molecule has 0 aromatic heterocycles. The monoisotopic (exact) mass is 519 g/mol. The van der Waals surface area contributed by atoms with E-state index in [9.17, 15) is 18.0 Å². The summed E-state index contributed by atoms with van der Waals surface area (Å²) in [6.07, 6.45) is 1.81. The second-order valence-corrected chi connectivity index (χ2v) is 10.2. The van der Waals surface area contributed by atoms with Crippen molar-refractivity contribution in [2.45, 2.75) is 13.1 Å². The van der Waals surface area contributed by atoms with Gasteiger partial charge in [0.15, 0.2) is 0 Å². The number of benzene rings is 3. The molecule has 10 heteroatoms. The van der Waals surface area contributed by atoms with Crippen molar-refractivity contribution >= 4 is 56.9 Å². The van der Waals surface area contributed by atoms with Crippen LogP contribution in [0, 0.1) is 0 Å². The van der Waals surface area contributed by atoms with Crippen LogP contribution in [0.5, 0.6) is 0 Å². The molecule has 34 heavy (non-hydrogen) atoms. The molecular weight excluding hydrogens is 497 g/mol. The fourth-order valence-corrected chi connectivity index (χ4v) is 4.59. The van der Waals surface area contributed by atoms with E-state index in [1.807, 2.05) is 0 Å². The standard InChI is InChI=1S/C24H23Cl2N3O4S/c1-27-24(31)18-8-6-17(7-9-18)14-28(16-30)20-10-12-21(13-11-20)29(34(2,32)33)15-19-4-3-5-22(25)23(19)26/h3-13,16H,14-15H2,1-2H3,(H,27,31). The molecule has 1 N–H and O–H groups in total. The first-order chi connectivity index (χ1) is 16.1. The van der Waals surface area contributed by atoms with Crippen molar-refractivity contribution in [3.05, 3.63) is 93.5 Å². The maximum atomic E-state index is 12.5. The second kappa shape index (κ2) is 10.9. The number of rotatable bonds is 9. The van der Waals surface area contributed by atoms with Gasteiger partial charge >= 0.3 is 0 Å². The Hall–Kier alpha value is -3.07. The summed E-state index contributed by atoms with van der Waals surface area (Å²) in [5.41, 5.74) is 2.93. The maximum absolute atomic E-state index is 12.5. The zero-order chi connectivity index (χ0) is 24.9. The van der Waals surface area contributed by atoms with Crippen molar-refractivity contribution in [1.29, 1.82) is 0 Å². The minimum absolute atomic E-state index is 0.00660. The third-order valence-corrected chi connectivity index (χ3v) is 7.14. The van der Waals surface area contributed by atoms with E-state index in [2.05, 4.69) is 5.32 Å². The molecular formula is C24H23Cl2N3O4S. The van der Waals surface area contributed by atoms with Gasteiger partial charge in [-0.25, -0.2) is 8.42 Å². The molecule has 3 aromatic rings. The fourth-order valence-electron chi connectivity index (χ4n) is 3.33. The molecule has 0 unspecified atom stereocenters. The van der Waals surface area contributed by atoms with Gasteiger partial charge in [-0.05, 0) is 53.6 Å². The molecule has 3 rings (SSSR count). The summed E-state index contributed by atoms with van der Waals surface area (Å²) in [7, 11) is -2.07. The Bertz CT molecular complexity index is 1280. The topological polar surface area (TPSA) is 86.8 Å². The third kappa shape index (κ3) is 6.08. The lowest BCUT2D eigenvalue weighted by molar-refractivity contribution is -0.107. The summed E-state index contributed by atoms with van der Waals surface area (Å²) in [6.45, 7) is 0.289. The molecule has 7 nitrogen and oxygen atoms in total. The zero-order valence-corrected chi connectivity index (χ0v) is 20.9. The smallest absolute Gasteiger partial charge is 0.251 e. The molecule has 0 saturated carbocycles. The van der Waals surface area contributed by atoms with Gasteiger partial charge in [-0.15, -0.1) is 0 Å². The Balaban J connectivity index is 1.82. The third-order valence-electron chi connectivity index (χ3n) is 5.14. The Morgan fingerprint density at radius 2 is 1.56 bits per heavy atom. The minimum atomic E-state index is -3.63. The van der Waals surface area contributed by atoms with E-state index < -0.39 is 10.0 Å². The molecule has 178 valence electrons. The van der Waals surface area contributed by atoms with Gasteiger partial charge in [-0.1, -0.05) is 47.5 Å². The van der Waals surface area contributed by atoms with E-state index in [0.717, 1.165) is 11.8 Å². The van der Waals surface area contributed by atoms with Gasteiger partial charge in [0, 0.05) is 18.3 Å². The Morgan fingerprint density at radius 1 is 0.941 bits per heavy atom. The van der Waals surface area contributed by atoms with Gasteiger partial charge in [0.1, 0.15) is 0 Å². The fraction of sp³-hybridized carbons (Fsp3) is 0.167. The average Bonchev–Trinajstić information content (AvgIpc) is 2.83. The van der Waals surface area contributed by atoms with Crippen molar-refractivity contribution in [1.82, 2.24) is 5.32 Å². The van der Waals surface area contributed by atoms with Crippen LogP contribution in [-0.2, 0) is 27.9 Å². The first-order valence-corrected chi connectivity index (χ1v) is 12.8.